The second-order valence-electron chi connectivity index (χ2n) is 14.2. The molecule has 1 unspecified atom stereocenters. The van der Waals surface area contributed by atoms with Gasteiger partial charge in [0.1, 0.15) is 24.2 Å². The van der Waals surface area contributed by atoms with Gasteiger partial charge in [0, 0.05) is 12.6 Å². The highest BCUT2D eigenvalue weighted by Gasteiger charge is 2.70. The van der Waals surface area contributed by atoms with Gasteiger partial charge >= 0.3 is 6.03 Å². The van der Waals surface area contributed by atoms with Crippen molar-refractivity contribution in [2.75, 3.05) is 6.54 Å². The Morgan fingerprint density at radius 1 is 0.902 bits per heavy atom. The van der Waals surface area contributed by atoms with Crippen molar-refractivity contribution in [3.8, 4) is 0 Å². The van der Waals surface area contributed by atoms with Crippen molar-refractivity contribution in [2.45, 2.75) is 105 Å². The van der Waals surface area contributed by atoms with Gasteiger partial charge in [-0.3, -0.25) is 24.0 Å². The Bertz CT molecular complexity index is 1090. The van der Waals surface area contributed by atoms with Crippen molar-refractivity contribution in [1.82, 2.24) is 26.2 Å². The molecule has 2 saturated carbocycles. The maximum Gasteiger partial charge on any atom is 0.316 e. The maximum atomic E-state index is 14.1. The largest absolute Gasteiger partial charge is 0.363 e. The van der Waals surface area contributed by atoms with Crippen LogP contribution in [0.5, 0.6) is 0 Å². The first-order valence-corrected chi connectivity index (χ1v) is 14.6. The van der Waals surface area contributed by atoms with E-state index in [1.807, 2.05) is 62.3 Å². The van der Waals surface area contributed by atoms with Crippen LogP contribution in [0.1, 0.15) is 75.2 Å². The zero-order chi connectivity index (χ0) is 31.2. The molecule has 41 heavy (non-hydrogen) atoms. The number of nitrogens with zero attached hydrogens (tertiary/aromatic N) is 1. The monoisotopic (exact) mass is 576 g/mol. The normalized spacial score (nSPS) is 25.0. The summed E-state index contributed by atoms with van der Waals surface area (Å²) in [5.74, 6) is -3.58. The molecule has 0 bridgehead atoms. The summed E-state index contributed by atoms with van der Waals surface area (Å²) in [5.41, 5.74) is 4.32. The number of fused-ring (bicyclic) bond motifs is 1. The number of hydrogen-bond donors (Lipinski definition) is 5. The molecule has 3 aliphatic rings. The third-order valence-electron chi connectivity index (χ3n) is 8.73. The summed E-state index contributed by atoms with van der Waals surface area (Å²) < 4.78 is 0. The number of urea groups is 1. The Morgan fingerprint density at radius 2 is 1.49 bits per heavy atom. The van der Waals surface area contributed by atoms with Crippen LogP contribution in [0.4, 0.5) is 4.79 Å². The summed E-state index contributed by atoms with van der Waals surface area (Å²) in [7, 11) is 0. The number of rotatable bonds is 11. The molecule has 6 atom stereocenters. The zero-order valence-electron chi connectivity index (χ0n) is 25.8. The molecule has 12 nitrogen and oxygen atoms in total. The molecule has 0 spiro atoms. The third kappa shape index (κ3) is 7.01. The predicted octanol–water partition coefficient (Wildman–Crippen LogP) is 0.682. The topological polar surface area (TPSA) is 180 Å². The van der Waals surface area contributed by atoms with Crippen LogP contribution in [0, 0.1) is 34.5 Å². The van der Waals surface area contributed by atoms with Gasteiger partial charge in [-0.25, -0.2) is 4.79 Å². The van der Waals surface area contributed by atoms with Crippen LogP contribution in [-0.4, -0.2) is 77.1 Å². The number of carbonyl (C=O) groups is 6. The lowest BCUT2D eigenvalue weighted by atomic mass is 9.85. The maximum absolute atomic E-state index is 14.1. The quantitative estimate of drug-likeness (QED) is 0.226. The van der Waals surface area contributed by atoms with E-state index in [1.54, 1.807) is 0 Å². The molecule has 230 valence electrons. The summed E-state index contributed by atoms with van der Waals surface area (Å²) in [4.78, 5) is 79.2. The lowest BCUT2D eigenvalue weighted by molar-refractivity contribution is -0.145. The molecule has 6 amide bonds. The van der Waals surface area contributed by atoms with E-state index in [0.29, 0.717) is 19.4 Å². The highest BCUT2D eigenvalue weighted by molar-refractivity contribution is 6.38. The van der Waals surface area contributed by atoms with Gasteiger partial charge in [-0.05, 0) is 61.2 Å². The third-order valence-corrected chi connectivity index (χ3v) is 8.73. The van der Waals surface area contributed by atoms with Gasteiger partial charge in [0.05, 0.1) is 0 Å². The first-order chi connectivity index (χ1) is 18.8. The van der Waals surface area contributed by atoms with Crippen LogP contribution >= 0.6 is 0 Å². The summed E-state index contributed by atoms with van der Waals surface area (Å²) in [6, 6.07) is -4.46. The number of ketones is 1. The molecule has 0 radical (unpaired) electrons. The van der Waals surface area contributed by atoms with Gasteiger partial charge < -0.3 is 31.9 Å². The lowest BCUT2D eigenvalue weighted by Crippen LogP contribution is -2.62. The van der Waals surface area contributed by atoms with E-state index in [2.05, 4.69) is 21.3 Å². The minimum atomic E-state index is -1.10. The van der Waals surface area contributed by atoms with Crippen molar-refractivity contribution in [1.29, 1.82) is 0 Å². The molecule has 12 heteroatoms. The number of nitrogens with two attached hydrogens (primary N) is 1. The highest BCUT2D eigenvalue weighted by atomic mass is 16.2. The van der Waals surface area contributed by atoms with Crippen molar-refractivity contribution in [2.24, 2.45) is 40.2 Å². The summed E-state index contributed by atoms with van der Waals surface area (Å²) in [6.07, 6.45) is 1.40. The molecule has 3 fully saturated rings. The van der Waals surface area contributed by atoms with E-state index in [9.17, 15) is 28.8 Å². The van der Waals surface area contributed by atoms with Crippen molar-refractivity contribution in [3.05, 3.63) is 0 Å². The van der Waals surface area contributed by atoms with Gasteiger partial charge in [-0.15, -0.1) is 0 Å². The van der Waals surface area contributed by atoms with Gasteiger partial charge in [-0.2, -0.15) is 0 Å². The zero-order valence-corrected chi connectivity index (χ0v) is 25.8. The van der Waals surface area contributed by atoms with Crippen LogP contribution in [0.2, 0.25) is 0 Å². The van der Waals surface area contributed by atoms with Crippen LogP contribution in [0.15, 0.2) is 0 Å². The molecule has 2 aliphatic carbocycles. The van der Waals surface area contributed by atoms with Gasteiger partial charge in [-0.1, -0.05) is 48.5 Å². The van der Waals surface area contributed by atoms with Gasteiger partial charge in [0.25, 0.3) is 5.91 Å². The lowest BCUT2D eigenvalue weighted by Gasteiger charge is -2.38. The van der Waals surface area contributed by atoms with Crippen molar-refractivity contribution < 1.29 is 28.8 Å². The number of piperidine rings is 1. The second-order valence-corrected chi connectivity index (χ2v) is 14.2. The number of primary amides is 1. The fourth-order valence-corrected chi connectivity index (χ4v) is 6.07. The first-order valence-electron chi connectivity index (χ1n) is 14.6. The number of nitrogens with one attached hydrogen (secondary N) is 4. The standard InChI is InChI=1S/C29H48N6O6/c1-13(2)18(24(38)31-14(3)4)33-27(41)34-22(28(5,6)7)26(40)35-12-16-17(29(16,8)9)20(35)25(39)32-19(15-10-11-15)21(36)23(30)37/h13-20,22H,10-12H2,1-9H3,(H2,30,37)(H,31,38)(H,32,39)(H2,33,34,41)/t16-,17-,18-,19?,20-,22+/m0/s1. The van der Waals surface area contributed by atoms with E-state index < -0.39 is 59.1 Å². The summed E-state index contributed by atoms with van der Waals surface area (Å²) >= 11 is 0. The Morgan fingerprint density at radius 3 is 1.95 bits per heavy atom. The number of likely N-dealkylation sites (tertiary alicyclic amines) is 1. The van der Waals surface area contributed by atoms with E-state index >= 15 is 0 Å². The molecule has 1 heterocycles. The molecule has 0 aromatic heterocycles. The molecule has 3 rings (SSSR count). The summed E-state index contributed by atoms with van der Waals surface area (Å²) in [5, 5.41) is 11.0. The molecule has 6 N–H and O–H groups in total. The predicted molar refractivity (Wildman–Crippen MR) is 152 cm³/mol. The Hall–Kier alpha value is -3.18. The molecule has 0 aromatic carbocycles. The second kappa shape index (κ2) is 11.6. The van der Waals surface area contributed by atoms with E-state index in [4.69, 9.17) is 5.73 Å². The SMILES string of the molecule is CC(C)NC(=O)[C@@H](NC(=O)N[C@H](C(=O)N1C[C@H]2[C@@H]([C@H]1C(=O)NC(C(=O)C(N)=O)C1CC1)C2(C)C)C(C)(C)C)C(C)C. The van der Waals surface area contributed by atoms with Gasteiger partial charge in [0.2, 0.25) is 23.5 Å². The Kier molecular flexibility index (Phi) is 9.15. The van der Waals surface area contributed by atoms with Gasteiger partial charge in [0.15, 0.2) is 0 Å². The summed E-state index contributed by atoms with van der Waals surface area (Å²) in [6.45, 7) is 17.1. The molecule has 1 aliphatic heterocycles. The minimum Gasteiger partial charge on any atom is -0.363 e. The average molecular weight is 577 g/mol. The van der Waals surface area contributed by atoms with Crippen LogP contribution in [-0.2, 0) is 24.0 Å². The van der Waals surface area contributed by atoms with Crippen LogP contribution < -0.4 is 27.0 Å². The Labute approximate surface area is 242 Å². The number of hydrogen-bond acceptors (Lipinski definition) is 6. The highest BCUT2D eigenvalue weighted by Crippen LogP contribution is 2.65. The number of Topliss-reactive ketones (excluding diaryl/α,β-unsaturated/α-hetero) is 1. The van der Waals surface area contributed by atoms with E-state index in [0.717, 1.165) is 0 Å². The fraction of sp³-hybridized carbons (Fsp3) is 0.793. The molecular weight excluding hydrogens is 528 g/mol. The van der Waals surface area contributed by atoms with E-state index in [1.165, 1.54) is 4.90 Å². The smallest absolute Gasteiger partial charge is 0.316 e. The molecule has 0 aromatic rings. The number of carbonyl (C=O) groups excluding carboxylic acids is 6. The number of amides is 6. The average Bonchev–Trinajstić information content (AvgIpc) is 3.70. The van der Waals surface area contributed by atoms with Crippen LogP contribution in [0.25, 0.3) is 0 Å². The van der Waals surface area contributed by atoms with Crippen molar-refractivity contribution in [3.63, 3.8) is 0 Å². The Balaban J connectivity index is 1.81. The van der Waals surface area contributed by atoms with E-state index in [-0.39, 0.29) is 41.0 Å². The first kappa shape index (κ1) is 32.3. The fourth-order valence-electron chi connectivity index (χ4n) is 6.07. The minimum absolute atomic E-state index is 0.0768. The van der Waals surface area contributed by atoms with Crippen LogP contribution in [0.3, 0.4) is 0 Å². The molecular formula is C29H48N6O6. The van der Waals surface area contributed by atoms with Crippen molar-refractivity contribution >= 4 is 35.4 Å². The molecule has 1 saturated heterocycles.